The van der Waals surface area contributed by atoms with E-state index in [4.69, 9.17) is 5.11 Å². The molecule has 3 nitrogen and oxygen atoms in total. The Balaban J connectivity index is 2.57. The van der Waals surface area contributed by atoms with E-state index in [0.717, 1.165) is 0 Å². The Morgan fingerprint density at radius 2 is 2.20 bits per heavy atom. The van der Waals surface area contributed by atoms with Gasteiger partial charge >= 0.3 is 0 Å². The van der Waals surface area contributed by atoms with Crippen LogP contribution in [0.3, 0.4) is 0 Å². The molecule has 84 valence electrons. The molecule has 1 aromatic rings. The van der Waals surface area contributed by atoms with Gasteiger partial charge in [-0.15, -0.1) is 0 Å². The monoisotopic (exact) mass is 277 g/mol. The molecule has 0 spiro atoms. The average Bonchev–Trinajstić information content (AvgIpc) is 2.22. The maximum Gasteiger partial charge on any atom is 0.137 e. The average molecular weight is 278 g/mol. The highest BCUT2D eigenvalue weighted by Crippen LogP contribution is 2.20. The molecule has 0 bridgehead atoms. The van der Waals surface area contributed by atoms with E-state index in [9.17, 15) is 9.50 Å². The lowest BCUT2D eigenvalue weighted by Crippen LogP contribution is -2.24. The number of rotatable bonds is 5. The molecule has 0 amide bonds. The van der Waals surface area contributed by atoms with Crippen LogP contribution in [0.1, 0.15) is 11.7 Å². The topological polar surface area (TPSA) is 52.5 Å². The summed E-state index contributed by atoms with van der Waals surface area (Å²) < 4.78 is 13.5. The molecule has 1 aromatic carbocycles. The van der Waals surface area contributed by atoms with Gasteiger partial charge in [-0.25, -0.2) is 4.39 Å². The third-order valence-electron chi connectivity index (χ3n) is 1.95. The summed E-state index contributed by atoms with van der Waals surface area (Å²) in [5.74, 6) is -0.395. The summed E-state index contributed by atoms with van der Waals surface area (Å²) in [5, 5.41) is 21.0. The Kier molecular flexibility index (Phi) is 5.17. The van der Waals surface area contributed by atoms with Gasteiger partial charge < -0.3 is 15.5 Å². The Labute approximate surface area is 96.1 Å². The highest BCUT2D eigenvalue weighted by Gasteiger charge is 2.09. The molecule has 0 aliphatic heterocycles. The molecule has 5 heteroatoms. The van der Waals surface area contributed by atoms with Crippen molar-refractivity contribution < 1.29 is 14.6 Å². The van der Waals surface area contributed by atoms with E-state index in [-0.39, 0.29) is 6.61 Å². The van der Waals surface area contributed by atoms with Crippen LogP contribution in [0.25, 0.3) is 0 Å². The lowest BCUT2D eigenvalue weighted by molar-refractivity contribution is 0.170. The minimum absolute atomic E-state index is 0.0153. The summed E-state index contributed by atoms with van der Waals surface area (Å²) in [5.41, 5.74) is 0.515. The fraction of sp³-hybridized carbons (Fsp3) is 0.400. The lowest BCUT2D eigenvalue weighted by atomic mass is 10.1. The van der Waals surface area contributed by atoms with E-state index in [1.807, 2.05) is 0 Å². The van der Waals surface area contributed by atoms with Crippen molar-refractivity contribution in [1.29, 1.82) is 0 Å². The van der Waals surface area contributed by atoms with Crippen LogP contribution in [-0.4, -0.2) is 29.9 Å². The van der Waals surface area contributed by atoms with Gasteiger partial charge in [0.25, 0.3) is 0 Å². The van der Waals surface area contributed by atoms with Gasteiger partial charge in [-0.05, 0) is 33.6 Å². The van der Waals surface area contributed by atoms with Crippen LogP contribution in [0.2, 0.25) is 0 Å². The molecule has 0 radical (unpaired) electrons. The second-order valence-corrected chi connectivity index (χ2v) is 3.97. The van der Waals surface area contributed by atoms with Crippen molar-refractivity contribution in [3.8, 4) is 0 Å². The molecule has 15 heavy (non-hydrogen) atoms. The third kappa shape index (κ3) is 3.87. The molecule has 0 saturated carbocycles. The van der Waals surface area contributed by atoms with Crippen LogP contribution in [-0.2, 0) is 0 Å². The van der Waals surface area contributed by atoms with E-state index in [2.05, 4.69) is 21.2 Å². The fourth-order valence-electron chi connectivity index (χ4n) is 1.16. The van der Waals surface area contributed by atoms with Crippen LogP contribution in [0.15, 0.2) is 22.7 Å². The Morgan fingerprint density at radius 3 is 2.80 bits per heavy atom. The molecular formula is C10H13BrFNO2. The van der Waals surface area contributed by atoms with Crippen molar-refractivity contribution in [2.45, 2.75) is 6.10 Å². The van der Waals surface area contributed by atoms with Gasteiger partial charge in [0.1, 0.15) is 5.82 Å². The predicted molar refractivity (Wildman–Crippen MR) is 59.0 cm³/mol. The first-order chi connectivity index (χ1) is 7.15. The number of aliphatic hydroxyl groups excluding tert-OH is 2. The fourth-order valence-corrected chi connectivity index (χ4v) is 1.40. The van der Waals surface area contributed by atoms with Gasteiger partial charge in [0, 0.05) is 13.1 Å². The highest BCUT2D eigenvalue weighted by molar-refractivity contribution is 9.10. The molecule has 1 rings (SSSR count). The summed E-state index contributed by atoms with van der Waals surface area (Å²) in [4.78, 5) is 0. The molecule has 3 N–H and O–H groups in total. The second kappa shape index (κ2) is 6.17. The lowest BCUT2D eigenvalue weighted by Gasteiger charge is -2.11. The normalized spacial score (nSPS) is 12.8. The third-order valence-corrected chi connectivity index (χ3v) is 2.60. The van der Waals surface area contributed by atoms with Gasteiger partial charge in [0.2, 0.25) is 0 Å². The molecule has 1 atom stereocenters. The van der Waals surface area contributed by atoms with Gasteiger partial charge in [-0.2, -0.15) is 0 Å². The molecule has 0 aromatic heterocycles. The Morgan fingerprint density at radius 1 is 1.47 bits per heavy atom. The highest BCUT2D eigenvalue weighted by atomic mass is 79.9. The van der Waals surface area contributed by atoms with Gasteiger partial charge in [-0.1, -0.05) is 6.07 Å². The molecule has 0 aliphatic rings. The van der Waals surface area contributed by atoms with E-state index in [1.54, 1.807) is 12.1 Å². The summed E-state index contributed by atoms with van der Waals surface area (Å²) in [7, 11) is 0. The number of nitrogens with one attached hydrogen (secondary N) is 1. The first-order valence-corrected chi connectivity index (χ1v) is 5.39. The predicted octanol–water partition coefficient (Wildman–Crippen LogP) is 1.20. The number of hydrogen-bond donors (Lipinski definition) is 3. The second-order valence-electron chi connectivity index (χ2n) is 3.12. The van der Waals surface area contributed by atoms with Crippen LogP contribution >= 0.6 is 15.9 Å². The summed E-state index contributed by atoms with van der Waals surface area (Å²) >= 11 is 3.04. The van der Waals surface area contributed by atoms with Crippen molar-refractivity contribution in [1.82, 2.24) is 5.32 Å². The molecule has 0 unspecified atom stereocenters. The largest absolute Gasteiger partial charge is 0.395 e. The van der Waals surface area contributed by atoms with Crippen molar-refractivity contribution in [3.63, 3.8) is 0 Å². The molecular weight excluding hydrogens is 265 g/mol. The van der Waals surface area contributed by atoms with Gasteiger partial charge in [-0.3, -0.25) is 0 Å². The van der Waals surface area contributed by atoms with E-state index < -0.39 is 11.9 Å². The first-order valence-electron chi connectivity index (χ1n) is 4.59. The van der Waals surface area contributed by atoms with Crippen molar-refractivity contribution in [2.75, 3.05) is 19.7 Å². The summed E-state index contributed by atoms with van der Waals surface area (Å²) in [6.45, 7) is 0.721. The molecule has 0 aliphatic carbocycles. The zero-order valence-corrected chi connectivity index (χ0v) is 9.67. The smallest absolute Gasteiger partial charge is 0.137 e. The zero-order chi connectivity index (χ0) is 11.3. The quantitative estimate of drug-likeness (QED) is 0.709. The van der Waals surface area contributed by atoms with Gasteiger partial charge in [0.05, 0.1) is 17.2 Å². The maximum absolute atomic E-state index is 13.1. The van der Waals surface area contributed by atoms with Crippen molar-refractivity contribution in [3.05, 3.63) is 34.1 Å². The van der Waals surface area contributed by atoms with E-state index in [1.165, 1.54) is 6.07 Å². The molecule has 0 heterocycles. The zero-order valence-electron chi connectivity index (χ0n) is 8.08. The SMILES string of the molecule is OCCNC[C@@H](O)c1ccc(Br)c(F)c1. The van der Waals surface area contributed by atoms with Crippen LogP contribution in [0, 0.1) is 5.82 Å². The minimum Gasteiger partial charge on any atom is -0.395 e. The number of halogens is 2. The Bertz CT molecular complexity index is 322. The molecule has 0 saturated heterocycles. The van der Waals surface area contributed by atoms with E-state index in [0.29, 0.717) is 23.1 Å². The van der Waals surface area contributed by atoms with Crippen molar-refractivity contribution >= 4 is 15.9 Å². The first kappa shape index (κ1) is 12.6. The van der Waals surface area contributed by atoms with Crippen LogP contribution in [0.5, 0.6) is 0 Å². The summed E-state index contributed by atoms with van der Waals surface area (Å²) in [6, 6.07) is 4.49. The van der Waals surface area contributed by atoms with E-state index >= 15 is 0 Å². The number of benzene rings is 1. The van der Waals surface area contributed by atoms with Gasteiger partial charge in [0.15, 0.2) is 0 Å². The Hall–Kier alpha value is -0.490. The standard InChI is InChI=1S/C10H13BrFNO2/c11-8-2-1-7(5-9(8)12)10(15)6-13-3-4-14/h1-2,5,10,13-15H,3-4,6H2/t10-/m1/s1. The number of aliphatic hydroxyl groups is 2. The molecule has 0 fully saturated rings. The van der Waals surface area contributed by atoms with Crippen LogP contribution < -0.4 is 5.32 Å². The number of hydrogen-bond acceptors (Lipinski definition) is 3. The summed E-state index contributed by atoms with van der Waals surface area (Å²) in [6.07, 6.45) is -0.765. The van der Waals surface area contributed by atoms with Crippen LogP contribution in [0.4, 0.5) is 4.39 Å². The van der Waals surface area contributed by atoms with Crippen molar-refractivity contribution in [2.24, 2.45) is 0 Å². The maximum atomic E-state index is 13.1. The minimum atomic E-state index is -0.765.